The summed E-state index contributed by atoms with van der Waals surface area (Å²) >= 11 is 0. The molecule has 29 heavy (non-hydrogen) atoms. The summed E-state index contributed by atoms with van der Waals surface area (Å²) in [5.41, 5.74) is -1.33. The lowest BCUT2D eigenvalue weighted by Crippen LogP contribution is -2.33. The molecule has 1 atom stereocenters. The van der Waals surface area contributed by atoms with Crippen LogP contribution in [-0.2, 0) is 29.0 Å². The quantitative estimate of drug-likeness (QED) is 0.256. The van der Waals surface area contributed by atoms with Gasteiger partial charge in [-0.1, -0.05) is 41.5 Å². The maximum atomic E-state index is 11.7. The summed E-state index contributed by atoms with van der Waals surface area (Å²) in [5.74, 6) is 0. The van der Waals surface area contributed by atoms with Gasteiger partial charge in [-0.15, -0.1) is 0 Å². The molecule has 0 aliphatic carbocycles. The molecule has 0 fully saturated rings. The molecular weight excluding hydrogens is 380 g/mol. The molecule has 0 spiro atoms. The lowest BCUT2D eigenvalue weighted by molar-refractivity contribution is -0.327. The summed E-state index contributed by atoms with van der Waals surface area (Å²) in [7, 11) is 0. The molecule has 0 heterocycles. The predicted octanol–water partition coefficient (Wildman–Crippen LogP) is 5.97. The Morgan fingerprint density at radius 3 is 1.45 bits per heavy atom. The van der Waals surface area contributed by atoms with Crippen LogP contribution in [0.1, 0.15) is 89.0 Å². The van der Waals surface area contributed by atoms with Gasteiger partial charge in [0.1, 0.15) is 23.9 Å². The Morgan fingerprint density at radius 1 is 0.690 bits per heavy atom. The van der Waals surface area contributed by atoms with Crippen LogP contribution in [0.3, 0.4) is 0 Å². The fourth-order valence-electron chi connectivity index (χ4n) is 3.33. The van der Waals surface area contributed by atoms with Crippen LogP contribution in [-0.4, -0.2) is 36.2 Å². The average Bonchev–Trinajstić information content (AvgIpc) is 2.44. The second-order valence-corrected chi connectivity index (χ2v) is 11.1. The van der Waals surface area contributed by atoms with E-state index in [4.69, 9.17) is 24.1 Å². The van der Waals surface area contributed by atoms with Gasteiger partial charge >= 0.3 is 12.3 Å². The summed E-state index contributed by atoms with van der Waals surface area (Å²) in [6.07, 6.45) is -1.45. The van der Waals surface area contributed by atoms with Crippen LogP contribution >= 0.6 is 0 Å². The third-order valence-electron chi connectivity index (χ3n) is 3.32. The Morgan fingerprint density at radius 2 is 1.07 bits per heavy atom. The molecule has 172 valence electrons. The van der Waals surface area contributed by atoms with Crippen LogP contribution in [0.25, 0.3) is 0 Å². The van der Waals surface area contributed by atoms with E-state index < -0.39 is 29.6 Å². The SMILES string of the molecule is CC(COC(=O)OOC(C)(C)CC(C)(C)C)OC(=O)OOC(C)(C)CC(C)(C)C. The standard InChI is InChI=1S/C21H40O8/c1-15(25-17(23)27-29-21(10,11)14-19(5,6)7)12-24-16(22)26-28-20(8,9)13-18(2,3)4/h15H,12-14H2,1-11H3. The number of carbonyl (C=O) groups excluding carboxylic acids is 2. The first-order chi connectivity index (χ1) is 12.8. The van der Waals surface area contributed by atoms with E-state index in [1.807, 2.05) is 27.7 Å². The van der Waals surface area contributed by atoms with Crippen LogP contribution in [0.4, 0.5) is 9.59 Å². The third kappa shape index (κ3) is 16.0. The van der Waals surface area contributed by atoms with Crippen molar-refractivity contribution in [3.63, 3.8) is 0 Å². The first-order valence-electron chi connectivity index (χ1n) is 9.89. The monoisotopic (exact) mass is 420 g/mol. The fourth-order valence-corrected chi connectivity index (χ4v) is 3.33. The molecule has 0 aromatic heterocycles. The summed E-state index contributed by atoms with van der Waals surface area (Å²) < 4.78 is 9.86. The predicted molar refractivity (Wildman–Crippen MR) is 108 cm³/mol. The molecule has 0 aromatic carbocycles. The van der Waals surface area contributed by atoms with E-state index in [0.29, 0.717) is 12.8 Å². The van der Waals surface area contributed by atoms with Gasteiger partial charge in [0.05, 0.1) is 0 Å². The zero-order valence-corrected chi connectivity index (χ0v) is 20.0. The maximum Gasteiger partial charge on any atom is 0.540 e. The molecule has 8 heteroatoms. The molecular formula is C21H40O8. The van der Waals surface area contributed by atoms with Crippen molar-refractivity contribution in [3.8, 4) is 0 Å². The highest BCUT2D eigenvalue weighted by molar-refractivity contribution is 5.60. The minimum absolute atomic E-state index is 0.00176. The van der Waals surface area contributed by atoms with Crippen LogP contribution in [0, 0.1) is 10.8 Å². The van der Waals surface area contributed by atoms with Crippen molar-refractivity contribution in [1.29, 1.82) is 0 Å². The van der Waals surface area contributed by atoms with Crippen molar-refractivity contribution >= 4 is 12.3 Å². The van der Waals surface area contributed by atoms with Crippen LogP contribution in [0.5, 0.6) is 0 Å². The highest BCUT2D eigenvalue weighted by atomic mass is 17.2. The molecule has 0 aliphatic rings. The van der Waals surface area contributed by atoms with Gasteiger partial charge in [-0.3, -0.25) is 9.78 Å². The largest absolute Gasteiger partial charge is 0.540 e. The van der Waals surface area contributed by atoms with Crippen molar-refractivity contribution < 1.29 is 38.6 Å². The minimum Gasteiger partial charge on any atom is -0.428 e. The Kier molecular flexibility index (Phi) is 9.92. The van der Waals surface area contributed by atoms with E-state index in [2.05, 4.69) is 46.4 Å². The number of carbonyl (C=O) groups is 2. The summed E-state index contributed by atoms with van der Waals surface area (Å²) in [5, 5.41) is 0. The smallest absolute Gasteiger partial charge is 0.428 e. The highest BCUT2D eigenvalue weighted by Gasteiger charge is 2.30. The van der Waals surface area contributed by atoms with Crippen molar-refractivity contribution in [3.05, 3.63) is 0 Å². The number of hydrogen-bond acceptors (Lipinski definition) is 8. The number of hydrogen-bond donors (Lipinski definition) is 0. The average molecular weight is 421 g/mol. The van der Waals surface area contributed by atoms with Crippen molar-refractivity contribution in [1.82, 2.24) is 0 Å². The molecule has 0 radical (unpaired) electrons. The molecule has 0 aliphatic heterocycles. The van der Waals surface area contributed by atoms with Crippen LogP contribution < -0.4 is 0 Å². The zero-order chi connectivity index (χ0) is 23.1. The van der Waals surface area contributed by atoms with Crippen LogP contribution in [0.2, 0.25) is 0 Å². The second kappa shape index (κ2) is 10.5. The van der Waals surface area contributed by atoms with E-state index in [9.17, 15) is 9.59 Å². The molecule has 0 amide bonds. The fraction of sp³-hybridized carbons (Fsp3) is 0.905. The second-order valence-electron chi connectivity index (χ2n) is 11.1. The van der Waals surface area contributed by atoms with Crippen molar-refractivity contribution in [2.45, 2.75) is 106 Å². The molecule has 0 aromatic rings. The van der Waals surface area contributed by atoms with Gasteiger partial charge in [0.2, 0.25) is 0 Å². The molecule has 0 bridgehead atoms. The van der Waals surface area contributed by atoms with Gasteiger partial charge in [-0.25, -0.2) is 9.59 Å². The molecule has 8 nitrogen and oxygen atoms in total. The minimum atomic E-state index is -1.02. The Hall–Kier alpha value is -1.54. The number of rotatable bonds is 9. The van der Waals surface area contributed by atoms with Crippen LogP contribution in [0.15, 0.2) is 0 Å². The van der Waals surface area contributed by atoms with E-state index in [0.717, 1.165) is 0 Å². The third-order valence-corrected chi connectivity index (χ3v) is 3.32. The molecule has 0 rings (SSSR count). The highest BCUT2D eigenvalue weighted by Crippen LogP contribution is 2.30. The van der Waals surface area contributed by atoms with Crippen molar-refractivity contribution in [2.24, 2.45) is 10.8 Å². The Labute approximate surface area is 175 Å². The van der Waals surface area contributed by atoms with Gasteiger partial charge in [-0.05, 0) is 58.3 Å². The first-order valence-corrected chi connectivity index (χ1v) is 9.89. The van der Waals surface area contributed by atoms with Gasteiger partial charge in [0.15, 0.2) is 0 Å². The number of ether oxygens (including phenoxy) is 2. The van der Waals surface area contributed by atoms with E-state index in [1.54, 1.807) is 6.92 Å². The van der Waals surface area contributed by atoms with E-state index in [-0.39, 0.29) is 17.4 Å². The lowest BCUT2D eigenvalue weighted by atomic mass is 9.84. The van der Waals surface area contributed by atoms with Gasteiger partial charge in [0, 0.05) is 0 Å². The van der Waals surface area contributed by atoms with Gasteiger partial charge < -0.3 is 9.47 Å². The zero-order valence-electron chi connectivity index (χ0n) is 20.0. The van der Waals surface area contributed by atoms with Crippen molar-refractivity contribution in [2.75, 3.05) is 6.61 Å². The normalized spacial score (nSPS) is 14.2. The van der Waals surface area contributed by atoms with E-state index >= 15 is 0 Å². The van der Waals surface area contributed by atoms with Gasteiger partial charge in [0.25, 0.3) is 0 Å². The Bertz CT molecular complexity index is 526. The first kappa shape index (κ1) is 27.5. The molecule has 1 unspecified atom stereocenters. The topological polar surface area (TPSA) is 89.5 Å². The summed E-state index contributed by atoms with van der Waals surface area (Å²) in [4.78, 5) is 43.2. The molecule has 0 N–H and O–H groups in total. The Balaban J connectivity index is 4.21. The summed E-state index contributed by atoms with van der Waals surface area (Å²) in [6.45, 7) is 20.9. The maximum absolute atomic E-state index is 11.7. The summed E-state index contributed by atoms with van der Waals surface area (Å²) in [6, 6.07) is 0. The van der Waals surface area contributed by atoms with Gasteiger partial charge in [-0.2, -0.15) is 9.78 Å². The van der Waals surface area contributed by atoms with E-state index in [1.165, 1.54) is 0 Å². The molecule has 0 saturated heterocycles. The lowest BCUT2D eigenvalue weighted by Gasteiger charge is -2.30. The molecule has 0 saturated carbocycles.